The highest BCUT2D eigenvalue weighted by Gasteiger charge is 2.25. The van der Waals surface area contributed by atoms with Crippen molar-refractivity contribution < 1.29 is 0 Å². The molecule has 0 aliphatic carbocycles. The van der Waals surface area contributed by atoms with Gasteiger partial charge < -0.3 is 9.13 Å². The Bertz CT molecular complexity index is 1970. The fraction of sp³-hybridized carbons (Fsp3) is 0.0882. The molecule has 0 aliphatic rings. The number of aromatic nitrogens is 2. The Hall–Kier alpha value is -4.81. The van der Waals surface area contributed by atoms with Crippen molar-refractivity contribution in [2.24, 2.45) is 0 Å². The molecule has 2 heterocycles. The first-order chi connectivity index (χ1) is 18.1. The molecule has 5 aromatic carbocycles. The van der Waals surface area contributed by atoms with Crippen LogP contribution >= 0.6 is 0 Å². The van der Waals surface area contributed by atoms with Crippen LogP contribution in [0.15, 0.2) is 97.1 Å². The molecule has 2 aromatic heterocycles. The van der Waals surface area contributed by atoms with Gasteiger partial charge in [0, 0.05) is 21.5 Å². The largest absolute Gasteiger partial charge is 0.307 e. The van der Waals surface area contributed by atoms with E-state index in [-0.39, 0.29) is 0 Å². The van der Waals surface area contributed by atoms with Gasteiger partial charge in [0.2, 0.25) is 0 Å². The third kappa shape index (κ3) is 2.81. The number of nitrogens with zero attached hydrogens (tertiary/aromatic N) is 3. The molecule has 37 heavy (non-hydrogen) atoms. The van der Waals surface area contributed by atoms with E-state index in [9.17, 15) is 5.26 Å². The zero-order chi connectivity index (χ0) is 25.3. The van der Waals surface area contributed by atoms with Gasteiger partial charge >= 0.3 is 0 Å². The van der Waals surface area contributed by atoms with Crippen LogP contribution in [0.2, 0.25) is 0 Å². The molecule has 0 unspecified atom stereocenters. The van der Waals surface area contributed by atoms with Crippen LogP contribution in [-0.4, -0.2) is 9.13 Å². The third-order valence-corrected chi connectivity index (χ3v) is 7.97. The number of hydrogen-bond donors (Lipinski definition) is 0. The molecule has 0 atom stereocenters. The molecule has 176 valence electrons. The van der Waals surface area contributed by atoms with Crippen LogP contribution in [0.4, 0.5) is 0 Å². The SMILES string of the molecule is Cc1c(C)c(-n2c3ccccc3c3ccccc32)c(-n2c3ccccc3c3ccccc32)c(C)c1C#N. The molecule has 0 amide bonds. The van der Waals surface area contributed by atoms with Gasteiger partial charge in [-0.2, -0.15) is 5.26 Å². The summed E-state index contributed by atoms with van der Waals surface area (Å²) in [4.78, 5) is 0. The zero-order valence-electron chi connectivity index (χ0n) is 21.1. The summed E-state index contributed by atoms with van der Waals surface area (Å²) in [5, 5.41) is 15.1. The van der Waals surface area contributed by atoms with Crippen LogP contribution in [-0.2, 0) is 0 Å². The number of benzene rings is 5. The summed E-state index contributed by atoms with van der Waals surface area (Å²) in [7, 11) is 0. The Morgan fingerprint density at radius 1 is 0.459 bits per heavy atom. The van der Waals surface area contributed by atoms with Crippen LogP contribution in [0.25, 0.3) is 55.0 Å². The Morgan fingerprint density at radius 3 is 1.14 bits per heavy atom. The van der Waals surface area contributed by atoms with E-state index in [0.29, 0.717) is 0 Å². The van der Waals surface area contributed by atoms with E-state index in [1.54, 1.807) is 0 Å². The van der Waals surface area contributed by atoms with Crippen LogP contribution in [0.1, 0.15) is 22.3 Å². The van der Waals surface area contributed by atoms with Crippen molar-refractivity contribution in [3.8, 4) is 17.4 Å². The van der Waals surface area contributed by atoms with Gasteiger partial charge in [-0.25, -0.2) is 0 Å². The van der Waals surface area contributed by atoms with Crippen molar-refractivity contribution in [1.82, 2.24) is 9.13 Å². The number of fused-ring (bicyclic) bond motifs is 6. The van der Waals surface area contributed by atoms with Crippen molar-refractivity contribution in [2.45, 2.75) is 20.8 Å². The monoisotopic (exact) mass is 475 g/mol. The average molecular weight is 476 g/mol. The maximum Gasteiger partial charge on any atom is 0.0998 e. The van der Waals surface area contributed by atoms with E-state index in [2.05, 4.69) is 133 Å². The maximum atomic E-state index is 10.3. The molecule has 7 aromatic rings. The summed E-state index contributed by atoms with van der Waals surface area (Å²) >= 11 is 0. The molecule has 0 bridgehead atoms. The first-order valence-electron chi connectivity index (χ1n) is 12.6. The van der Waals surface area contributed by atoms with E-state index in [1.165, 1.54) is 21.5 Å². The average Bonchev–Trinajstić information content (AvgIpc) is 3.44. The fourth-order valence-electron chi connectivity index (χ4n) is 6.16. The number of rotatable bonds is 2. The van der Waals surface area contributed by atoms with Crippen molar-refractivity contribution in [3.63, 3.8) is 0 Å². The molecule has 0 N–H and O–H groups in total. The molecular weight excluding hydrogens is 450 g/mol. The topological polar surface area (TPSA) is 33.6 Å². The second kappa shape index (κ2) is 7.85. The van der Waals surface area contributed by atoms with Gasteiger partial charge in [-0.1, -0.05) is 72.8 Å². The van der Waals surface area contributed by atoms with Crippen LogP contribution < -0.4 is 0 Å². The van der Waals surface area contributed by atoms with E-state index in [1.807, 2.05) is 0 Å². The third-order valence-electron chi connectivity index (χ3n) is 7.97. The Kier molecular flexibility index (Phi) is 4.55. The lowest BCUT2D eigenvalue weighted by Gasteiger charge is -2.24. The summed E-state index contributed by atoms with van der Waals surface area (Å²) in [5.41, 5.74) is 10.7. The minimum Gasteiger partial charge on any atom is -0.307 e. The van der Waals surface area contributed by atoms with Crippen molar-refractivity contribution >= 4 is 43.6 Å². The highest BCUT2D eigenvalue weighted by atomic mass is 15.1. The van der Waals surface area contributed by atoms with E-state index in [4.69, 9.17) is 0 Å². The Morgan fingerprint density at radius 2 is 0.784 bits per heavy atom. The molecule has 0 radical (unpaired) electrons. The number of para-hydroxylation sites is 4. The molecule has 0 fully saturated rings. The minimum absolute atomic E-state index is 0.749. The lowest BCUT2D eigenvalue weighted by molar-refractivity contribution is 1.04. The summed E-state index contributed by atoms with van der Waals surface area (Å²) in [5.74, 6) is 0. The predicted octanol–water partition coefficient (Wildman–Crippen LogP) is 8.68. The lowest BCUT2D eigenvalue weighted by atomic mass is 9.94. The molecule has 7 rings (SSSR count). The van der Waals surface area contributed by atoms with Gasteiger partial charge in [0.15, 0.2) is 0 Å². The molecular formula is C34H25N3. The first-order valence-corrected chi connectivity index (χ1v) is 12.6. The van der Waals surface area contributed by atoms with Gasteiger partial charge in [-0.05, 0) is 61.7 Å². The fourth-order valence-corrected chi connectivity index (χ4v) is 6.16. The van der Waals surface area contributed by atoms with Crippen LogP contribution in [0.5, 0.6) is 0 Å². The number of nitriles is 1. The van der Waals surface area contributed by atoms with Crippen molar-refractivity contribution in [3.05, 3.63) is 119 Å². The van der Waals surface area contributed by atoms with Gasteiger partial charge in [-0.3, -0.25) is 0 Å². The zero-order valence-corrected chi connectivity index (χ0v) is 21.1. The molecule has 0 aliphatic heterocycles. The van der Waals surface area contributed by atoms with Crippen LogP contribution in [0.3, 0.4) is 0 Å². The van der Waals surface area contributed by atoms with Crippen molar-refractivity contribution in [1.29, 1.82) is 5.26 Å². The second-order valence-corrected chi connectivity index (χ2v) is 9.80. The predicted molar refractivity (Wildman–Crippen MR) is 154 cm³/mol. The summed E-state index contributed by atoms with van der Waals surface area (Å²) in [6.45, 7) is 6.33. The molecule has 0 saturated carbocycles. The molecule has 0 saturated heterocycles. The molecule has 3 nitrogen and oxygen atoms in total. The van der Waals surface area contributed by atoms with Gasteiger partial charge in [0.1, 0.15) is 0 Å². The number of hydrogen-bond acceptors (Lipinski definition) is 1. The lowest BCUT2D eigenvalue weighted by Crippen LogP contribution is -2.11. The summed E-state index contributed by atoms with van der Waals surface area (Å²) < 4.78 is 4.77. The smallest absolute Gasteiger partial charge is 0.0998 e. The van der Waals surface area contributed by atoms with Crippen molar-refractivity contribution in [2.75, 3.05) is 0 Å². The second-order valence-electron chi connectivity index (χ2n) is 9.80. The molecule has 3 heteroatoms. The van der Waals surface area contributed by atoms with E-state index in [0.717, 1.165) is 55.7 Å². The highest BCUT2D eigenvalue weighted by molar-refractivity contribution is 6.11. The highest BCUT2D eigenvalue weighted by Crippen LogP contribution is 2.42. The molecule has 0 spiro atoms. The standard InChI is InChI=1S/C34H25N3/c1-21-22(2)33(36-29-16-8-4-12-24(29)25-13-5-9-17-30(25)36)34(23(3)28(21)20-35)37-31-18-10-6-14-26(31)27-15-7-11-19-32(27)37/h4-19H,1-3H3. The quantitative estimate of drug-likeness (QED) is 0.246. The minimum atomic E-state index is 0.749. The van der Waals surface area contributed by atoms with Crippen LogP contribution in [0, 0.1) is 32.1 Å². The van der Waals surface area contributed by atoms with E-state index < -0.39 is 0 Å². The van der Waals surface area contributed by atoms with Gasteiger partial charge in [0.05, 0.1) is 45.1 Å². The normalized spacial score (nSPS) is 11.6. The Labute approximate surface area is 215 Å². The summed E-state index contributed by atoms with van der Waals surface area (Å²) in [6.07, 6.45) is 0. The van der Waals surface area contributed by atoms with Gasteiger partial charge in [-0.15, -0.1) is 0 Å². The first kappa shape index (κ1) is 21.5. The Balaban J connectivity index is 1.77. The van der Waals surface area contributed by atoms with Gasteiger partial charge in [0.25, 0.3) is 0 Å². The maximum absolute atomic E-state index is 10.3. The summed E-state index contributed by atoms with van der Waals surface area (Å²) in [6, 6.07) is 36.9. The van der Waals surface area contributed by atoms with E-state index >= 15 is 0 Å².